The Hall–Kier alpha value is -2.90. The van der Waals surface area contributed by atoms with E-state index in [1.54, 1.807) is 38.1 Å². The zero-order chi connectivity index (χ0) is 19.3. The van der Waals surface area contributed by atoms with Crippen molar-refractivity contribution in [2.24, 2.45) is 0 Å². The van der Waals surface area contributed by atoms with Gasteiger partial charge in [-0.05, 0) is 18.4 Å². The number of rotatable bonds is 8. The Balaban J connectivity index is 2.03. The van der Waals surface area contributed by atoms with E-state index in [9.17, 15) is 24.3 Å². The van der Waals surface area contributed by atoms with Crippen LogP contribution < -0.4 is 10.6 Å². The predicted octanol–water partition coefficient (Wildman–Crippen LogP) is 0.909. The first-order chi connectivity index (χ1) is 12.3. The van der Waals surface area contributed by atoms with Crippen molar-refractivity contribution in [3.05, 3.63) is 35.9 Å². The predicted molar refractivity (Wildman–Crippen MR) is 93.3 cm³/mol. The van der Waals surface area contributed by atoms with Gasteiger partial charge in [0.2, 0.25) is 5.91 Å². The van der Waals surface area contributed by atoms with Crippen LogP contribution >= 0.6 is 0 Å². The first kappa shape index (κ1) is 19.4. The molecule has 1 saturated heterocycles. The molecule has 0 spiro atoms. The minimum Gasteiger partial charge on any atom is -0.480 e. The highest BCUT2D eigenvalue weighted by atomic mass is 16.4. The van der Waals surface area contributed by atoms with Crippen LogP contribution in [0.1, 0.15) is 32.3 Å². The molecule has 1 aliphatic rings. The van der Waals surface area contributed by atoms with Gasteiger partial charge in [-0.15, -0.1) is 0 Å². The van der Waals surface area contributed by atoms with Crippen LogP contribution in [0.15, 0.2) is 30.3 Å². The minimum absolute atomic E-state index is 0.107. The van der Waals surface area contributed by atoms with Crippen molar-refractivity contribution in [3.8, 4) is 0 Å². The Kier molecular flexibility index (Phi) is 5.97. The number of nitrogens with zero attached hydrogens (tertiary/aromatic N) is 1. The number of aliphatic carboxylic acids is 1. The van der Waals surface area contributed by atoms with E-state index in [-0.39, 0.29) is 6.42 Å². The molecule has 0 aromatic heterocycles. The summed E-state index contributed by atoms with van der Waals surface area (Å²) >= 11 is 0. The first-order valence-electron chi connectivity index (χ1n) is 8.53. The van der Waals surface area contributed by atoms with Gasteiger partial charge in [0.15, 0.2) is 0 Å². The lowest BCUT2D eigenvalue weighted by Gasteiger charge is -2.23. The summed E-state index contributed by atoms with van der Waals surface area (Å²) in [6, 6.07) is 7.10. The largest absolute Gasteiger partial charge is 0.480 e. The zero-order valence-electron chi connectivity index (χ0n) is 14.8. The Labute approximate surface area is 151 Å². The van der Waals surface area contributed by atoms with Crippen molar-refractivity contribution in [3.63, 3.8) is 0 Å². The molecule has 2 rings (SSSR count). The van der Waals surface area contributed by atoms with Crippen molar-refractivity contribution in [1.29, 1.82) is 0 Å². The minimum atomic E-state index is -1.18. The molecule has 0 aliphatic carbocycles. The van der Waals surface area contributed by atoms with Gasteiger partial charge < -0.3 is 15.7 Å². The van der Waals surface area contributed by atoms with Gasteiger partial charge in [-0.2, -0.15) is 0 Å². The lowest BCUT2D eigenvalue weighted by atomic mass is 9.93. The van der Waals surface area contributed by atoms with Crippen molar-refractivity contribution < 1.29 is 24.3 Å². The maximum Gasteiger partial charge on any atom is 0.326 e. The van der Waals surface area contributed by atoms with Crippen LogP contribution in [0, 0.1) is 0 Å². The summed E-state index contributed by atoms with van der Waals surface area (Å²) in [5.74, 6) is -2.34. The van der Waals surface area contributed by atoms with Gasteiger partial charge in [-0.3, -0.25) is 14.5 Å². The topological polar surface area (TPSA) is 116 Å². The molecule has 1 aromatic carbocycles. The van der Waals surface area contributed by atoms with E-state index < -0.39 is 41.9 Å². The van der Waals surface area contributed by atoms with Crippen molar-refractivity contribution in [2.75, 3.05) is 6.54 Å². The number of urea groups is 1. The molecule has 8 nitrogen and oxygen atoms in total. The number of carbonyl (C=O) groups is 4. The summed E-state index contributed by atoms with van der Waals surface area (Å²) < 4.78 is 0. The van der Waals surface area contributed by atoms with Crippen LogP contribution in [0.3, 0.4) is 0 Å². The second-order valence-electron chi connectivity index (χ2n) is 6.26. The van der Waals surface area contributed by atoms with Crippen molar-refractivity contribution >= 4 is 23.8 Å². The standard InChI is InChI=1S/C18H23N3O5/c1-3-18(4-2)16(25)21(17(26)20-18)11-14(22)19-13(15(23)24)10-12-8-6-5-7-9-12/h5-9,13H,3-4,10-11H2,1-2H3,(H,19,22)(H,20,26)(H,23,24)/t13-/m0/s1. The third-order valence-electron chi connectivity index (χ3n) is 4.67. The van der Waals surface area contributed by atoms with Crippen LogP contribution in [0.4, 0.5) is 4.79 Å². The highest BCUT2D eigenvalue weighted by molar-refractivity contribution is 6.09. The highest BCUT2D eigenvalue weighted by Crippen LogP contribution is 2.24. The van der Waals surface area contributed by atoms with E-state index in [1.165, 1.54) is 0 Å². The molecule has 3 N–H and O–H groups in total. The molecule has 0 radical (unpaired) electrons. The molecule has 4 amide bonds. The lowest BCUT2D eigenvalue weighted by Crippen LogP contribution is -2.49. The third kappa shape index (κ3) is 4.01. The Morgan fingerprint density at radius 2 is 1.81 bits per heavy atom. The van der Waals surface area contributed by atoms with E-state index in [0.29, 0.717) is 12.8 Å². The van der Waals surface area contributed by atoms with Gasteiger partial charge in [-0.25, -0.2) is 9.59 Å². The Morgan fingerprint density at radius 3 is 2.31 bits per heavy atom. The molecular formula is C18H23N3O5. The number of hydrogen-bond donors (Lipinski definition) is 3. The number of nitrogens with one attached hydrogen (secondary N) is 2. The van der Waals surface area contributed by atoms with E-state index in [1.807, 2.05) is 6.07 Å². The summed E-state index contributed by atoms with van der Waals surface area (Å²) in [5.41, 5.74) is -0.237. The summed E-state index contributed by atoms with van der Waals surface area (Å²) in [7, 11) is 0. The fourth-order valence-electron chi connectivity index (χ4n) is 2.98. The number of imide groups is 1. The Morgan fingerprint density at radius 1 is 1.19 bits per heavy atom. The molecule has 1 aliphatic heterocycles. The summed E-state index contributed by atoms with van der Waals surface area (Å²) in [6.07, 6.45) is 0.936. The SMILES string of the molecule is CCC1(CC)NC(=O)N(CC(=O)N[C@@H](Cc2ccccc2)C(=O)O)C1=O. The molecular weight excluding hydrogens is 338 g/mol. The molecule has 8 heteroatoms. The molecule has 26 heavy (non-hydrogen) atoms. The van der Waals surface area contributed by atoms with Crippen LogP contribution in [0.25, 0.3) is 0 Å². The summed E-state index contributed by atoms with van der Waals surface area (Å²) in [5, 5.41) is 14.3. The van der Waals surface area contributed by atoms with Gasteiger partial charge in [0, 0.05) is 6.42 Å². The molecule has 0 bridgehead atoms. The maximum atomic E-state index is 12.5. The summed E-state index contributed by atoms with van der Waals surface area (Å²) in [6.45, 7) is 3.06. The van der Waals surface area contributed by atoms with E-state index in [2.05, 4.69) is 10.6 Å². The van der Waals surface area contributed by atoms with Crippen LogP contribution in [-0.2, 0) is 20.8 Å². The van der Waals surface area contributed by atoms with Crippen LogP contribution in [0.2, 0.25) is 0 Å². The first-order valence-corrected chi connectivity index (χ1v) is 8.53. The van der Waals surface area contributed by atoms with Gasteiger partial charge >= 0.3 is 12.0 Å². The average Bonchev–Trinajstić information content (AvgIpc) is 2.86. The van der Waals surface area contributed by atoms with Crippen LogP contribution in [0.5, 0.6) is 0 Å². The number of carboxylic acid groups (broad SMARTS) is 1. The fraction of sp³-hybridized carbons (Fsp3) is 0.444. The highest BCUT2D eigenvalue weighted by Gasteiger charge is 2.49. The van der Waals surface area contributed by atoms with Gasteiger partial charge in [-0.1, -0.05) is 44.2 Å². The molecule has 140 valence electrons. The van der Waals surface area contributed by atoms with E-state index >= 15 is 0 Å². The number of carboxylic acids is 1. The van der Waals surface area contributed by atoms with Crippen molar-refractivity contribution in [1.82, 2.24) is 15.5 Å². The monoisotopic (exact) mass is 361 g/mol. The molecule has 1 heterocycles. The van der Waals surface area contributed by atoms with E-state index in [0.717, 1.165) is 10.5 Å². The second kappa shape index (κ2) is 7.99. The Bertz CT molecular complexity index is 700. The number of benzene rings is 1. The average molecular weight is 361 g/mol. The van der Waals surface area contributed by atoms with E-state index in [4.69, 9.17) is 0 Å². The number of amides is 4. The number of hydrogen-bond acceptors (Lipinski definition) is 4. The second-order valence-corrected chi connectivity index (χ2v) is 6.26. The van der Waals surface area contributed by atoms with Crippen molar-refractivity contribution in [2.45, 2.75) is 44.7 Å². The van der Waals surface area contributed by atoms with Gasteiger partial charge in [0.25, 0.3) is 5.91 Å². The smallest absolute Gasteiger partial charge is 0.326 e. The van der Waals surface area contributed by atoms with Gasteiger partial charge in [0.1, 0.15) is 18.1 Å². The number of carbonyl (C=O) groups excluding carboxylic acids is 3. The fourth-order valence-corrected chi connectivity index (χ4v) is 2.98. The normalized spacial score (nSPS) is 16.9. The van der Waals surface area contributed by atoms with Crippen LogP contribution in [-0.4, -0.2) is 51.9 Å². The van der Waals surface area contributed by atoms with Gasteiger partial charge in [0.05, 0.1) is 0 Å². The molecule has 0 unspecified atom stereocenters. The third-order valence-corrected chi connectivity index (χ3v) is 4.67. The zero-order valence-corrected chi connectivity index (χ0v) is 14.8. The molecule has 1 aromatic rings. The molecule has 0 saturated carbocycles. The molecule has 1 atom stereocenters. The lowest BCUT2D eigenvalue weighted by molar-refractivity contribution is -0.142. The maximum absolute atomic E-state index is 12.5. The quantitative estimate of drug-likeness (QED) is 0.595. The summed E-state index contributed by atoms with van der Waals surface area (Å²) in [4.78, 5) is 49.1. The molecule has 1 fully saturated rings.